The van der Waals surface area contributed by atoms with E-state index in [4.69, 9.17) is 4.42 Å². The maximum Gasteiger partial charge on any atom is 0.244 e. The first-order chi connectivity index (χ1) is 12.2. The van der Waals surface area contributed by atoms with Gasteiger partial charge in [-0.25, -0.2) is 4.99 Å². The summed E-state index contributed by atoms with van der Waals surface area (Å²) in [6.45, 7) is 6.56. The van der Waals surface area contributed by atoms with E-state index in [1.807, 2.05) is 56.3 Å². The number of benzene rings is 1. The summed E-state index contributed by atoms with van der Waals surface area (Å²) in [5, 5.41) is 6.29. The molecule has 0 aliphatic heterocycles. The van der Waals surface area contributed by atoms with Gasteiger partial charge in [0.25, 0.3) is 0 Å². The molecular formula is C19H27IN4O2. The summed E-state index contributed by atoms with van der Waals surface area (Å²) in [7, 11) is 0. The van der Waals surface area contributed by atoms with Gasteiger partial charge in [-0.2, -0.15) is 0 Å². The average molecular weight is 470 g/mol. The lowest BCUT2D eigenvalue weighted by Gasteiger charge is -2.20. The van der Waals surface area contributed by atoms with Crippen molar-refractivity contribution >= 4 is 35.8 Å². The van der Waals surface area contributed by atoms with Crippen molar-refractivity contribution < 1.29 is 9.21 Å². The van der Waals surface area contributed by atoms with Gasteiger partial charge in [0.1, 0.15) is 12.3 Å². The lowest BCUT2D eigenvalue weighted by molar-refractivity contribution is -0.130. The van der Waals surface area contributed by atoms with Crippen LogP contribution in [0.4, 0.5) is 0 Å². The second-order valence-corrected chi connectivity index (χ2v) is 5.52. The summed E-state index contributed by atoms with van der Waals surface area (Å²) in [6, 6.07) is 13.7. The first-order valence-electron chi connectivity index (χ1n) is 8.59. The minimum Gasteiger partial charge on any atom is -0.467 e. The van der Waals surface area contributed by atoms with Gasteiger partial charge in [-0.3, -0.25) is 4.79 Å². The van der Waals surface area contributed by atoms with E-state index in [0.717, 1.165) is 17.9 Å². The number of amides is 1. The van der Waals surface area contributed by atoms with E-state index in [-0.39, 0.29) is 36.4 Å². The second-order valence-electron chi connectivity index (χ2n) is 5.52. The molecule has 1 heterocycles. The van der Waals surface area contributed by atoms with E-state index in [0.29, 0.717) is 25.6 Å². The number of nitrogens with zero attached hydrogens (tertiary/aromatic N) is 2. The zero-order valence-corrected chi connectivity index (χ0v) is 17.6. The average Bonchev–Trinajstić information content (AvgIpc) is 3.16. The van der Waals surface area contributed by atoms with Crippen molar-refractivity contribution in [3.05, 3.63) is 60.1 Å². The van der Waals surface area contributed by atoms with Gasteiger partial charge in [0, 0.05) is 19.6 Å². The second kappa shape index (κ2) is 12.3. The van der Waals surface area contributed by atoms with Gasteiger partial charge in [-0.15, -0.1) is 24.0 Å². The SMILES string of the molecule is CCNC(=NCC(=O)N(CC)Cc1ccccc1)NCc1ccco1.I. The van der Waals surface area contributed by atoms with Crippen LogP contribution in [0.2, 0.25) is 0 Å². The predicted molar refractivity (Wildman–Crippen MR) is 114 cm³/mol. The lowest BCUT2D eigenvalue weighted by atomic mass is 10.2. The van der Waals surface area contributed by atoms with Crippen molar-refractivity contribution in [3.63, 3.8) is 0 Å². The Morgan fingerprint density at radius 3 is 2.50 bits per heavy atom. The molecule has 0 fully saturated rings. The molecule has 6 nitrogen and oxygen atoms in total. The first kappa shape index (κ1) is 22.0. The highest BCUT2D eigenvalue weighted by Gasteiger charge is 2.12. The number of guanidine groups is 1. The zero-order chi connectivity index (χ0) is 17.9. The van der Waals surface area contributed by atoms with Gasteiger partial charge in [-0.1, -0.05) is 30.3 Å². The minimum absolute atomic E-state index is 0. The molecule has 1 aromatic heterocycles. The number of carbonyl (C=O) groups is 1. The number of rotatable bonds is 8. The number of likely N-dealkylation sites (N-methyl/N-ethyl adjacent to an activating group) is 1. The summed E-state index contributed by atoms with van der Waals surface area (Å²) < 4.78 is 5.29. The van der Waals surface area contributed by atoms with Gasteiger partial charge >= 0.3 is 0 Å². The van der Waals surface area contributed by atoms with Crippen LogP contribution in [0.3, 0.4) is 0 Å². The monoisotopic (exact) mass is 470 g/mol. The van der Waals surface area contributed by atoms with Crippen LogP contribution in [0.15, 0.2) is 58.1 Å². The molecule has 2 aromatic rings. The molecule has 0 spiro atoms. The molecule has 0 aliphatic carbocycles. The van der Waals surface area contributed by atoms with Crippen LogP contribution in [0.25, 0.3) is 0 Å². The molecule has 7 heteroatoms. The first-order valence-corrected chi connectivity index (χ1v) is 8.59. The number of hydrogen-bond acceptors (Lipinski definition) is 3. The van der Waals surface area contributed by atoms with Gasteiger partial charge < -0.3 is 20.0 Å². The molecule has 0 bridgehead atoms. The van der Waals surface area contributed by atoms with Crippen molar-refractivity contribution in [1.82, 2.24) is 15.5 Å². The third-order valence-corrected chi connectivity index (χ3v) is 3.68. The van der Waals surface area contributed by atoms with Crippen LogP contribution in [-0.2, 0) is 17.9 Å². The quantitative estimate of drug-likeness (QED) is 0.354. The normalized spacial score (nSPS) is 10.8. The Morgan fingerprint density at radius 2 is 1.88 bits per heavy atom. The maximum absolute atomic E-state index is 12.5. The van der Waals surface area contributed by atoms with E-state index in [2.05, 4.69) is 15.6 Å². The summed E-state index contributed by atoms with van der Waals surface area (Å²) in [5.41, 5.74) is 1.12. The Bertz CT molecular complexity index is 659. The molecule has 142 valence electrons. The molecule has 2 rings (SSSR count). The fourth-order valence-electron chi connectivity index (χ4n) is 2.35. The fourth-order valence-corrected chi connectivity index (χ4v) is 2.35. The standard InChI is InChI=1S/C19H26N4O2.HI/c1-3-20-19(21-13-17-11-8-12-25-17)22-14-18(24)23(4-2)15-16-9-6-5-7-10-16;/h5-12H,3-4,13-15H2,1-2H3,(H2,20,21,22);1H. The molecule has 0 saturated heterocycles. The topological polar surface area (TPSA) is 69.9 Å². The highest BCUT2D eigenvalue weighted by Crippen LogP contribution is 2.04. The van der Waals surface area contributed by atoms with Gasteiger partial charge in [0.15, 0.2) is 5.96 Å². The highest BCUT2D eigenvalue weighted by atomic mass is 127. The Hall–Kier alpha value is -2.03. The van der Waals surface area contributed by atoms with Crippen molar-refractivity contribution in [1.29, 1.82) is 0 Å². The number of carbonyl (C=O) groups excluding carboxylic acids is 1. The van der Waals surface area contributed by atoms with Crippen molar-refractivity contribution in [2.24, 2.45) is 4.99 Å². The highest BCUT2D eigenvalue weighted by molar-refractivity contribution is 14.0. The fraction of sp³-hybridized carbons (Fsp3) is 0.368. The van der Waals surface area contributed by atoms with E-state index in [9.17, 15) is 4.79 Å². The van der Waals surface area contributed by atoms with Crippen LogP contribution in [-0.4, -0.2) is 36.4 Å². The third kappa shape index (κ3) is 7.47. The largest absolute Gasteiger partial charge is 0.467 e. The summed E-state index contributed by atoms with van der Waals surface area (Å²) in [6.07, 6.45) is 1.63. The number of furan rings is 1. The molecule has 26 heavy (non-hydrogen) atoms. The van der Waals surface area contributed by atoms with Crippen LogP contribution in [0.5, 0.6) is 0 Å². The van der Waals surface area contributed by atoms with Crippen LogP contribution in [0.1, 0.15) is 25.2 Å². The molecule has 2 N–H and O–H groups in total. The van der Waals surface area contributed by atoms with E-state index in [1.165, 1.54) is 0 Å². The molecular weight excluding hydrogens is 443 g/mol. The number of aliphatic imine (C=N–C) groups is 1. The molecule has 0 radical (unpaired) electrons. The maximum atomic E-state index is 12.5. The Kier molecular flexibility index (Phi) is 10.5. The van der Waals surface area contributed by atoms with Gasteiger partial charge in [0.2, 0.25) is 5.91 Å². The van der Waals surface area contributed by atoms with Crippen LogP contribution < -0.4 is 10.6 Å². The molecule has 0 aliphatic rings. The molecule has 1 aromatic carbocycles. The lowest BCUT2D eigenvalue weighted by Crippen LogP contribution is -2.38. The van der Waals surface area contributed by atoms with Gasteiger partial charge in [0.05, 0.1) is 12.8 Å². The van der Waals surface area contributed by atoms with Crippen molar-refractivity contribution in [2.45, 2.75) is 26.9 Å². The van der Waals surface area contributed by atoms with E-state index >= 15 is 0 Å². The van der Waals surface area contributed by atoms with Gasteiger partial charge in [-0.05, 0) is 31.5 Å². The molecule has 1 amide bonds. The summed E-state index contributed by atoms with van der Waals surface area (Å²) in [4.78, 5) is 18.7. The minimum atomic E-state index is 0. The van der Waals surface area contributed by atoms with Crippen molar-refractivity contribution in [2.75, 3.05) is 19.6 Å². The molecule has 0 atom stereocenters. The third-order valence-electron chi connectivity index (χ3n) is 3.68. The predicted octanol–water partition coefficient (Wildman–Crippen LogP) is 3.00. The number of nitrogens with one attached hydrogen (secondary N) is 2. The van der Waals surface area contributed by atoms with Crippen LogP contribution in [0, 0.1) is 0 Å². The molecule has 0 saturated carbocycles. The number of halogens is 1. The van der Waals surface area contributed by atoms with Crippen molar-refractivity contribution in [3.8, 4) is 0 Å². The number of hydrogen-bond donors (Lipinski definition) is 2. The Labute approximate surface area is 172 Å². The van der Waals surface area contributed by atoms with Crippen LogP contribution >= 0.6 is 24.0 Å². The summed E-state index contributed by atoms with van der Waals surface area (Å²) >= 11 is 0. The zero-order valence-electron chi connectivity index (χ0n) is 15.3. The van der Waals surface area contributed by atoms with E-state index < -0.39 is 0 Å². The Balaban J connectivity index is 0.00000338. The Morgan fingerprint density at radius 1 is 1.12 bits per heavy atom. The summed E-state index contributed by atoms with van der Waals surface area (Å²) in [5.74, 6) is 1.42. The smallest absolute Gasteiger partial charge is 0.244 e. The van der Waals surface area contributed by atoms with E-state index in [1.54, 1.807) is 11.2 Å². The molecule has 0 unspecified atom stereocenters.